The van der Waals surface area contributed by atoms with Crippen molar-refractivity contribution in [2.45, 2.75) is 51.1 Å². The van der Waals surface area contributed by atoms with Gasteiger partial charge in [0, 0.05) is 44.1 Å². The number of amides is 2. The Kier molecular flexibility index (Phi) is 8.60. The second kappa shape index (κ2) is 10.8. The second-order valence-corrected chi connectivity index (χ2v) is 10.8. The molecule has 0 fully saturated rings. The molecule has 0 aliphatic rings. The van der Waals surface area contributed by atoms with Crippen LogP contribution in [-0.2, 0) is 16.6 Å². The van der Waals surface area contributed by atoms with E-state index in [0.29, 0.717) is 24.5 Å². The van der Waals surface area contributed by atoms with Gasteiger partial charge >= 0.3 is 6.03 Å². The predicted octanol–water partition coefficient (Wildman–Crippen LogP) is 4.28. The van der Waals surface area contributed by atoms with Crippen LogP contribution in [-0.4, -0.2) is 52.6 Å². The van der Waals surface area contributed by atoms with Gasteiger partial charge in [0.05, 0.1) is 12.0 Å². The third-order valence-electron chi connectivity index (χ3n) is 4.81. The van der Waals surface area contributed by atoms with Gasteiger partial charge in [-0.15, -0.1) is 0 Å². The summed E-state index contributed by atoms with van der Waals surface area (Å²) in [5, 5.41) is 3.01. The van der Waals surface area contributed by atoms with Gasteiger partial charge in [0.25, 0.3) is 10.0 Å². The molecule has 0 unspecified atom stereocenters. The number of carbonyl (C=O) groups is 1. The van der Waals surface area contributed by atoms with E-state index in [1.54, 1.807) is 29.2 Å². The number of nitrogens with zero attached hydrogens (tertiary/aromatic N) is 2. The molecule has 182 valence electrons. The third kappa shape index (κ3) is 7.56. The Morgan fingerprint density at radius 1 is 1.06 bits per heavy atom. The molecule has 0 saturated heterocycles. The molecule has 0 bridgehead atoms. The van der Waals surface area contributed by atoms with Gasteiger partial charge in [-0.2, -0.15) is 0 Å². The van der Waals surface area contributed by atoms with Crippen LogP contribution in [0.3, 0.4) is 0 Å². The van der Waals surface area contributed by atoms with Crippen molar-refractivity contribution >= 4 is 27.4 Å². The first kappa shape index (κ1) is 26.3. The van der Waals surface area contributed by atoms with Crippen LogP contribution >= 0.6 is 0 Å². The van der Waals surface area contributed by atoms with Gasteiger partial charge < -0.3 is 19.9 Å². The van der Waals surface area contributed by atoms with Crippen LogP contribution in [0.4, 0.5) is 16.2 Å². The summed E-state index contributed by atoms with van der Waals surface area (Å²) in [4.78, 5) is 16.7. The van der Waals surface area contributed by atoms with Gasteiger partial charge in [-0.05, 0) is 75.2 Å². The van der Waals surface area contributed by atoms with E-state index < -0.39 is 10.0 Å². The molecule has 0 aromatic heterocycles. The van der Waals surface area contributed by atoms with E-state index in [-0.39, 0.29) is 16.5 Å². The molecule has 0 spiro atoms. The second-order valence-electron chi connectivity index (χ2n) is 9.12. The average molecular weight is 477 g/mol. The summed E-state index contributed by atoms with van der Waals surface area (Å²) in [6.45, 7) is 8.76. The zero-order valence-electron chi connectivity index (χ0n) is 20.6. The van der Waals surface area contributed by atoms with Gasteiger partial charge in [0.2, 0.25) is 0 Å². The summed E-state index contributed by atoms with van der Waals surface area (Å²) in [6, 6.07) is 11.4. The Bertz CT molecular complexity index is 1050. The molecule has 0 radical (unpaired) electrons. The van der Waals surface area contributed by atoms with Crippen molar-refractivity contribution in [3.8, 4) is 5.75 Å². The van der Waals surface area contributed by atoms with Crippen molar-refractivity contribution in [3.05, 3.63) is 48.0 Å². The Balaban J connectivity index is 2.35. The van der Waals surface area contributed by atoms with E-state index in [2.05, 4.69) is 10.0 Å². The van der Waals surface area contributed by atoms with E-state index in [1.807, 2.05) is 52.8 Å². The van der Waals surface area contributed by atoms with Gasteiger partial charge in [-0.1, -0.05) is 6.92 Å². The van der Waals surface area contributed by atoms with Gasteiger partial charge in [0.1, 0.15) is 5.75 Å². The summed E-state index contributed by atoms with van der Waals surface area (Å²) >= 11 is 0. The maximum absolute atomic E-state index is 12.9. The number of hydrogen-bond donors (Lipinski definition) is 2. The first-order chi connectivity index (χ1) is 15.4. The topological polar surface area (TPSA) is 91.0 Å². The molecular weight excluding hydrogens is 440 g/mol. The fourth-order valence-electron chi connectivity index (χ4n) is 3.31. The smallest absolute Gasteiger partial charge is 0.318 e. The molecule has 2 rings (SSSR count). The number of sulfonamides is 1. The molecule has 2 N–H and O–H groups in total. The minimum atomic E-state index is -3.78. The van der Waals surface area contributed by atoms with Gasteiger partial charge in [0.15, 0.2) is 0 Å². The number of nitrogens with one attached hydrogen (secondary N) is 2. The number of rotatable bonds is 9. The zero-order chi connectivity index (χ0) is 24.8. The number of anilines is 2. The van der Waals surface area contributed by atoms with Crippen LogP contribution in [0.15, 0.2) is 47.4 Å². The summed E-state index contributed by atoms with van der Waals surface area (Å²) in [5.41, 5.74) is 1.82. The highest BCUT2D eigenvalue weighted by Crippen LogP contribution is 2.27. The quantitative estimate of drug-likeness (QED) is 0.564. The summed E-state index contributed by atoms with van der Waals surface area (Å²) in [7, 11) is 1.58. The fraction of sp³-hybridized carbons (Fsp3) is 0.458. The number of hydrogen-bond acceptors (Lipinski definition) is 5. The molecule has 8 nitrogen and oxygen atoms in total. The highest BCUT2D eigenvalue weighted by Gasteiger charge is 2.21. The lowest BCUT2D eigenvalue weighted by Gasteiger charge is -2.30. The Hall–Kier alpha value is -2.94. The predicted molar refractivity (Wildman–Crippen MR) is 134 cm³/mol. The normalized spacial score (nSPS) is 11.6. The van der Waals surface area contributed by atoms with Gasteiger partial charge in [-0.3, -0.25) is 4.72 Å². The standard InChI is InChI=1S/C24H36N4O4S/c1-8-15-28(23(29)25-24(2,3)4)17-18-16-19(9-14-22(18)27(5)6)26-33(30,31)21-12-10-20(32-7)11-13-21/h9-14,16,26H,8,15,17H2,1-7H3,(H,25,29). The number of carbonyl (C=O) groups excluding carboxylic acids is 1. The van der Waals surface area contributed by atoms with Crippen molar-refractivity contribution in [2.75, 3.05) is 37.4 Å². The molecule has 2 aromatic carbocycles. The van der Waals surface area contributed by atoms with Gasteiger partial charge in [-0.25, -0.2) is 13.2 Å². The molecule has 0 aliphatic carbocycles. The lowest BCUT2D eigenvalue weighted by Crippen LogP contribution is -2.48. The number of methoxy groups -OCH3 is 1. The monoisotopic (exact) mass is 476 g/mol. The molecule has 0 aliphatic heterocycles. The average Bonchev–Trinajstić information content (AvgIpc) is 2.72. The van der Waals surface area contributed by atoms with Crippen molar-refractivity contribution in [1.29, 1.82) is 0 Å². The van der Waals surface area contributed by atoms with Crippen LogP contribution in [0.2, 0.25) is 0 Å². The maximum atomic E-state index is 12.9. The highest BCUT2D eigenvalue weighted by molar-refractivity contribution is 7.92. The Labute approximate surface area is 198 Å². The lowest BCUT2D eigenvalue weighted by atomic mass is 10.1. The first-order valence-corrected chi connectivity index (χ1v) is 12.4. The minimum Gasteiger partial charge on any atom is -0.497 e. The minimum absolute atomic E-state index is 0.138. The summed E-state index contributed by atoms with van der Waals surface area (Å²) < 4.78 is 33.5. The van der Waals surface area contributed by atoms with Crippen molar-refractivity contribution in [2.24, 2.45) is 0 Å². The SMILES string of the molecule is CCCN(Cc1cc(NS(=O)(=O)c2ccc(OC)cc2)ccc1N(C)C)C(=O)NC(C)(C)C. The number of urea groups is 1. The lowest BCUT2D eigenvalue weighted by molar-refractivity contribution is 0.186. The zero-order valence-corrected chi connectivity index (χ0v) is 21.4. The Morgan fingerprint density at radius 3 is 2.21 bits per heavy atom. The maximum Gasteiger partial charge on any atom is 0.318 e. The van der Waals surface area contributed by atoms with E-state index in [9.17, 15) is 13.2 Å². The number of ether oxygens (including phenoxy) is 1. The van der Waals surface area contributed by atoms with E-state index in [0.717, 1.165) is 17.7 Å². The molecule has 33 heavy (non-hydrogen) atoms. The largest absolute Gasteiger partial charge is 0.497 e. The Morgan fingerprint density at radius 2 is 1.70 bits per heavy atom. The van der Waals surface area contributed by atoms with E-state index in [4.69, 9.17) is 4.74 Å². The molecule has 0 saturated carbocycles. The van der Waals surface area contributed by atoms with Crippen LogP contribution in [0.5, 0.6) is 5.75 Å². The van der Waals surface area contributed by atoms with Crippen LogP contribution in [0.1, 0.15) is 39.7 Å². The van der Waals surface area contributed by atoms with Crippen LogP contribution in [0.25, 0.3) is 0 Å². The fourth-order valence-corrected chi connectivity index (χ4v) is 4.36. The molecule has 2 aromatic rings. The first-order valence-electron chi connectivity index (χ1n) is 10.9. The van der Waals surface area contributed by atoms with Crippen molar-refractivity contribution in [1.82, 2.24) is 10.2 Å². The molecule has 9 heteroatoms. The van der Waals surface area contributed by atoms with Crippen molar-refractivity contribution in [3.63, 3.8) is 0 Å². The number of benzene rings is 2. The molecular formula is C24H36N4O4S. The highest BCUT2D eigenvalue weighted by atomic mass is 32.2. The third-order valence-corrected chi connectivity index (χ3v) is 6.20. The van der Waals surface area contributed by atoms with E-state index >= 15 is 0 Å². The van der Waals surface area contributed by atoms with Crippen LogP contribution < -0.4 is 19.7 Å². The van der Waals surface area contributed by atoms with Crippen LogP contribution in [0, 0.1) is 0 Å². The van der Waals surface area contributed by atoms with E-state index in [1.165, 1.54) is 19.2 Å². The summed E-state index contributed by atoms with van der Waals surface area (Å²) in [6.07, 6.45) is 0.804. The molecule has 0 heterocycles. The van der Waals surface area contributed by atoms with Crippen molar-refractivity contribution < 1.29 is 17.9 Å². The molecule has 2 amide bonds. The summed E-state index contributed by atoms with van der Waals surface area (Å²) in [5.74, 6) is 0.580. The molecule has 0 atom stereocenters.